The monoisotopic (exact) mass is 414 g/mol. The van der Waals surface area contributed by atoms with Crippen LogP contribution in [0.5, 0.6) is 0 Å². The van der Waals surface area contributed by atoms with Crippen LogP contribution >= 0.6 is 23.2 Å². The first-order chi connectivity index (χ1) is 13.3. The standard InChI is InChI=1S/C22H20Cl2N2O2/c1-13-7-9-16(10-8-13)12-26-14(2)11-19(27)20(15(26)3)22(28)25-18-6-4-5-17(23)21(18)24/h4-11H,12H2,1-3H3,(H,25,28). The zero-order valence-corrected chi connectivity index (χ0v) is 17.4. The first-order valence-electron chi connectivity index (χ1n) is 8.80. The molecule has 0 aliphatic heterocycles. The van der Waals surface area contributed by atoms with Crippen LogP contribution in [-0.4, -0.2) is 10.5 Å². The number of aromatic nitrogens is 1. The van der Waals surface area contributed by atoms with Gasteiger partial charge in [0, 0.05) is 24.0 Å². The van der Waals surface area contributed by atoms with Gasteiger partial charge < -0.3 is 9.88 Å². The molecular weight excluding hydrogens is 395 g/mol. The third-order valence-corrected chi connectivity index (χ3v) is 5.49. The second kappa shape index (κ2) is 8.21. The Hall–Kier alpha value is -2.56. The fourth-order valence-corrected chi connectivity index (χ4v) is 3.45. The van der Waals surface area contributed by atoms with E-state index in [1.54, 1.807) is 25.1 Å². The lowest BCUT2D eigenvalue weighted by molar-refractivity contribution is 0.102. The summed E-state index contributed by atoms with van der Waals surface area (Å²) in [5.41, 5.74) is 3.78. The average molecular weight is 415 g/mol. The van der Waals surface area contributed by atoms with Gasteiger partial charge in [-0.15, -0.1) is 0 Å². The highest BCUT2D eigenvalue weighted by atomic mass is 35.5. The van der Waals surface area contributed by atoms with Crippen LogP contribution in [0.4, 0.5) is 5.69 Å². The molecule has 0 aliphatic rings. The molecular formula is C22H20Cl2N2O2. The van der Waals surface area contributed by atoms with Crippen LogP contribution in [0, 0.1) is 20.8 Å². The predicted octanol–water partition coefficient (Wildman–Crippen LogP) is 5.38. The van der Waals surface area contributed by atoms with Crippen LogP contribution in [0.2, 0.25) is 10.0 Å². The molecule has 1 amide bonds. The van der Waals surface area contributed by atoms with E-state index in [2.05, 4.69) is 5.32 Å². The maximum atomic E-state index is 12.9. The molecule has 3 rings (SSSR count). The van der Waals surface area contributed by atoms with Crippen LogP contribution < -0.4 is 10.7 Å². The third-order valence-electron chi connectivity index (χ3n) is 4.67. The summed E-state index contributed by atoms with van der Waals surface area (Å²) in [6, 6.07) is 14.6. The van der Waals surface area contributed by atoms with E-state index in [0.717, 1.165) is 11.3 Å². The van der Waals surface area contributed by atoms with E-state index < -0.39 is 5.91 Å². The minimum atomic E-state index is -0.510. The Kier molecular flexibility index (Phi) is 5.92. The highest BCUT2D eigenvalue weighted by Gasteiger charge is 2.19. The van der Waals surface area contributed by atoms with Gasteiger partial charge >= 0.3 is 0 Å². The number of hydrogen-bond acceptors (Lipinski definition) is 2. The molecule has 0 fully saturated rings. The number of amides is 1. The highest BCUT2D eigenvalue weighted by Crippen LogP contribution is 2.29. The van der Waals surface area contributed by atoms with Crippen molar-refractivity contribution in [3.8, 4) is 0 Å². The number of rotatable bonds is 4. The van der Waals surface area contributed by atoms with Gasteiger partial charge in [-0.3, -0.25) is 9.59 Å². The second-order valence-corrected chi connectivity index (χ2v) is 7.52. The average Bonchev–Trinajstić information content (AvgIpc) is 2.64. The van der Waals surface area contributed by atoms with Crippen molar-refractivity contribution in [2.75, 3.05) is 5.32 Å². The first kappa shape index (κ1) is 20.2. The Bertz CT molecular complexity index is 1100. The lowest BCUT2D eigenvalue weighted by Gasteiger charge is -2.18. The molecule has 2 aromatic carbocycles. The van der Waals surface area contributed by atoms with Gasteiger partial charge in [-0.25, -0.2) is 0 Å². The van der Waals surface area contributed by atoms with Crippen LogP contribution in [-0.2, 0) is 6.54 Å². The molecule has 0 saturated carbocycles. The molecule has 0 atom stereocenters. The summed E-state index contributed by atoms with van der Waals surface area (Å²) in [6.07, 6.45) is 0. The maximum absolute atomic E-state index is 12.9. The molecule has 6 heteroatoms. The minimum Gasteiger partial charge on any atom is -0.344 e. The van der Waals surface area contributed by atoms with E-state index >= 15 is 0 Å². The number of aryl methyl sites for hydroxylation is 2. The number of carbonyl (C=O) groups is 1. The van der Waals surface area contributed by atoms with Crippen LogP contribution in [0.25, 0.3) is 0 Å². The van der Waals surface area contributed by atoms with Gasteiger partial charge in [0.2, 0.25) is 0 Å². The molecule has 4 nitrogen and oxygen atoms in total. The van der Waals surface area contributed by atoms with Crippen LogP contribution in [0.1, 0.15) is 32.9 Å². The topological polar surface area (TPSA) is 51.1 Å². The van der Waals surface area contributed by atoms with Gasteiger partial charge in [0.1, 0.15) is 5.56 Å². The molecule has 3 aromatic rings. The van der Waals surface area contributed by atoms with E-state index in [0.29, 0.717) is 22.9 Å². The van der Waals surface area contributed by atoms with E-state index in [4.69, 9.17) is 23.2 Å². The van der Waals surface area contributed by atoms with Crippen molar-refractivity contribution in [2.24, 2.45) is 0 Å². The van der Waals surface area contributed by atoms with E-state index in [1.165, 1.54) is 11.6 Å². The van der Waals surface area contributed by atoms with Crippen LogP contribution in [0.15, 0.2) is 53.3 Å². The first-order valence-corrected chi connectivity index (χ1v) is 9.55. The summed E-state index contributed by atoms with van der Waals surface area (Å²) < 4.78 is 1.96. The van der Waals surface area contributed by atoms with Gasteiger partial charge in [-0.2, -0.15) is 0 Å². The number of nitrogens with zero attached hydrogens (tertiary/aromatic N) is 1. The number of halogens is 2. The van der Waals surface area contributed by atoms with Gasteiger partial charge in [0.25, 0.3) is 5.91 Å². The van der Waals surface area contributed by atoms with Crippen molar-refractivity contribution in [1.82, 2.24) is 4.57 Å². The number of benzene rings is 2. The van der Waals surface area contributed by atoms with Crippen molar-refractivity contribution in [1.29, 1.82) is 0 Å². The smallest absolute Gasteiger partial charge is 0.261 e. The zero-order valence-electron chi connectivity index (χ0n) is 15.8. The predicted molar refractivity (Wildman–Crippen MR) is 115 cm³/mol. The van der Waals surface area contributed by atoms with Gasteiger partial charge in [-0.1, -0.05) is 59.1 Å². The molecule has 1 aromatic heterocycles. The van der Waals surface area contributed by atoms with Crippen molar-refractivity contribution < 1.29 is 4.79 Å². The lowest BCUT2D eigenvalue weighted by Crippen LogP contribution is -2.27. The minimum absolute atomic E-state index is 0.0914. The Morgan fingerprint density at radius 1 is 1.04 bits per heavy atom. The van der Waals surface area contributed by atoms with E-state index in [9.17, 15) is 9.59 Å². The van der Waals surface area contributed by atoms with Crippen LogP contribution in [0.3, 0.4) is 0 Å². The largest absolute Gasteiger partial charge is 0.344 e. The summed E-state index contributed by atoms with van der Waals surface area (Å²) in [5.74, 6) is -0.510. The SMILES string of the molecule is Cc1ccc(Cn2c(C)cc(=O)c(C(=O)Nc3cccc(Cl)c3Cl)c2C)cc1. The van der Waals surface area contributed by atoms with Gasteiger partial charge in [-0.05, 0) is 38.5 Å². The fourth-order valence-electron chi connectivity index (χ4n) is 3.10. The van der Waals surface area contributed by atoms with Crippen molar-refractivity contribution in [3.05, 3.63) is 96.9 Å². The quantitative estimate of drug-likeness (QED) is 0.622. The second-order valence-electron chi connectivity index (χ2n) is 6.74. The third kappa shape index (κ3) is 4.13. The summed E-state index contributed by atoms with van der Waals surface area (Å²) in [6.45, 7) is 6.23. The molecule has 144 valence electrons. The molecule has 1 N–H and O–H groups in total. The van der Waals surface area contributed by atoms with Crippen molar-refractivity contribution in [3.63, 3.8) is 0 Å². The molecule has 0 unspecified atom stereocenters. The molecule has 0 saturated heterocycles. The van der Waals surface area contributed by atoms with E-state index in [-0.39, 0.29) is 16.0 Å². The summed E-state index contributed by atoms with van der Waals surface area (Å²) in [4.78, 5) is 25.4. The zero-order chi connectivity index (χ0) is 20.4. The fraction of sp³-hybridized carbons (Fsp3) is 0.182. The normalized spacial score (nSPS) is 10.8. The lowest BCUT2D eigenvalue weighted by atomic mass is 10.1. The molecule has 0 aliphatic carbocycles. The number of anilines is 1. The molecule has 0 spiro atoms. The highest BCUT2D eigenvalue weighted by molar-refractivity contribution is 6.44. The number of carbonyl (C=O) groups excluding carboxylic acids is 1. The Balaban J connectivity index is 1.99. The maximum Gasteiger partial charge on any atom is 0.261 e. The Morgan fingerprint density at radius 3 is 2.39 bits per heavy atom. The number of nitrogens with one attached hydrogen (secondary N) is 1. The molecule has 0 bridgehead atoms. The van der Waals surface area contributed by atoms with Crippen molar-refractivity contribution >= 4 is 34.8 Å². The Labute approximate surface area is 173 Å². The van der Waals surface area contributed by atoms with Gasteiger partial charge in [0.15, 0.2) is 5.43 Å². The number of pyridine rings is 1. The number of hydrogen-bond donors (Lipinski definition) is 1. The van der Waals surface area contributed by atoms with E-state index in [1.807, 2.05) is 42.7 Å². The Morgan fingerprint density at radius 2 is 1.71 bits per heavy atom. The molecule has 0 radical (unpaired) electrons. The summed E-state index contributed by atoms with van der Waals surface area (Å²) >= 11 is 12.2. The molecule has 1 heterocycles. The summed E-state index contributed by atoms with van der Waals surface area (Å²) in [5, 5.41) is 3.27. The van der Waals surface area contributed by atoms with Crippen molar-refractivity contribution in [2.45, 2.75) is 27.3 Å². The molecule has 28 heavy (non-hydrogen) atoms. The summed E-state index contributed by atoms with van der Waals surface area (Å²) in [7, 11) is 0. The van der Waals surface area contributed by atoms with Gasteiger partial charge in [0.05, 0.1) is 15.7 Å².